The molecule has 0 saturated carbocycles. The number of carbonyl (C=O) groups excluding carboxylic acids is 1. The van der Waals surface area contributed by atoms with Crippen molar-refractivity contribution < 1.29 is 14.4 Å². The maximum absolute atomic E-state index is 12.2. The SMILES string of the molecule is CCOC(=O)c1c(CC)n(OCC)c2ccccc12. The minimum absolute atomic E-state index is 0.283. The molecule has 1 aromatic heterocycles. The van der Waals surface area contributed by atoms with Gasteiger partial charge in [0, 0.05) is 5.39 Å². The molecular formula is C15H19NO3. The highest BCUT2D eigenvalue weighted by atomic mass is 16.7. The fourth-order valence-corrected chi connectivity index (χ4v) is 2.29. The van der Waals surface area contributed by atoms with Gasteiger partial charge in [0.1, 0.15) is 6.61 Å². The Hall–Kier alpha value is -1.97. The van der Waals surface area contributed by atoms with Crippen LogP contribution in [0.1, 0.15) is 36.8 Å². The summed E-state index contributed by atoms with van der Waals surface area (Å²) in [5, 5.41) is 0.881. The van der Waals surface area contributed by atoms with E-state index in [4.69, 9.17) is 9.57 Å². The summed E-state index contributed by atoms with van der Waals surface area (Å²) in [6.07, 6.45) is 0.711. The van der Waals surface area contributed by atoms with Gasteiger partial charge in [0.05, 0.1) is 23.4 Å². The molecule has 0 radical (unpaired) electrons. The lowest BCUT2D eigenvalue weighted by molar-refractivity contribution is 0.0522. The van der Waals surface area contributed by atoms with E-state index in [1.807, 2.05) is 45.0 Å². The summed E-state index contributed by atoms with van der Waals surface area (Å²) < 4.78 is 6.91. The van der Waals surface area contributed by atoms with Crippen LogP contribution in [0.25, 0.3) is 10.9 Å². The Morgan fingerprint density at radius 2 is 1.89 bits per heavy atom. The van der Waals surface area contributed by atoms with Gasteiger partial charge in [-0.25, -0.2) is 4.79 Å². The van der Waals surface area contributed by atoms with E-state index in [1.165, 1.54) is 0 Å². The highest BCUT2D eigenvalue weighted by molar-refractivity contribution is 6.05. The fraction of sp³-hybridized carbons (Fsp3) is 0.400. The number of nitrogens with zero attached hydrogens (tertiary/aromatic N) is 1. The Morgan fingerprint density at radius 1 is 1.16 bits per heavy atom. The highest BCUT2D eigenvalue weighted by Gasteiger charge is 2.22. The van der Waals surface area contributed by atoms with Gasteiger partial charge in [0.25, 0.3) is 0 Å². The normalized spacial score (nSPS) is 10.7. The Morgan fingerprint density at radius 3 is 2.53 bits per heavy atom. The van der Waals surface area contributed by atoms with Crippen LogP contribution in [0.5, 0.6) is 0 Å². The number of carbonyl (C=O) groups is 1. The molecule has 1 heterocycles. The van der Waals surface area contributed by atoms with Crippen LogP contribution in [-0.2, 0) is 11.2 Å². The van der Waals surface area contributed by atoms with Gasteiger partial charge in [-0.1, -0.05) is 25.1 Å². The van der Waals surface area contributed by atoms with Crippen molar-refractivity contribution in [2.24, 2.45) is 0 Å². The zero-order valence-electron chi connectivity index (χ0n) is 11.6. The maximum atomic E-state index is 12.2. The van der Waals surface area contributed by atoms with Gasteiger partial charge in [-0.2, -0.15) is 4.73 Å². The predicted molar refractivity (Wildman–Crippen MR) is 74.4 cm³/mol. The Labute approximate surface area is 112 Å². The van der Waals surface area contributed by atoms with Crippen LogP contribution in [0.15, 0.2) is 24.3 Å². The number of fused-ring (bicyclic) bond motifs is 1. The van der Waals surface area contributed by atoms with E-state index in [9.17, 15) is 4.79 Å². The summed E-state index contributed by atoms with van der Waals surface area (Å²) in [6.45, 7) is 6.67. The third-order valence-corrected chi connectivity index (χ3v) is 3.00. The summed E-state index contributed by atoms with van der Waals surface area (Å²) in [7, 11) is 0. The minimum Gasteiger partial charge on any atom is -0.462 e. The molecule has 0 bridgehead atoms. The molecule has 0 aliphatic heterocycles. The summed E-state index contributed by atoms with van der Waals surface area (Å²) in [5.41, 5.74) is 2.39. The van der Waals surface area contributed by atoms with E-state index in [-0.39, 0.29) is 5.97 Å². The second kappa shape index (κ2) is 5.78. The number of para-hydroxylation sites is 1. The monoisotopic (exact) mass is 261 g/mol. The molecule has 1 aromatic carbocycles. The van der Waals surface area contributed by atoms with Crippen LogP contribution >= 0.6 is 0 Å². The van der Waals surface area contributed by atoms with Gasteiger partial charge in [-0.3, -0.25) is 0 Å². The molecule has 4 nitrogen and oxygen atoms in total. The molecule has 0 aliphatic carbocycles. The largest absolute Gasteiger partial charge is 0.462 e. The summed E-state index contributed by atoms with van der Waals surface area (Å²) >= 11 is 0. The number of hydrogen-bond acceptors (Lipinski definition) is 3. The van der Waals surface area contributed by atoms with Crippen LogP contribution in [0.3, 0.4) is 0 Å². The van der Waals surface area contributed by atoms with Crippen LogP contribution in [0.4, 0.5) is 0 Å². The quantitative estimate of drug-likeness (QED) is 0.777. The maximum Gasteiger partial charge on any atom is 0.340 e. The zero-order chi connectivity index (χ0) is 13.8. The molecule has 0 atom stereocenters. The number of benzene rings is 1. The fourth-order valence-electron chi connectivity index (χ4n) is 2.29. The molecule has 0 aliphatic rings. The molecule has 2 aromatic rings. The molecule has 0 unspecified atom stereocenters. The van der Waals surface area contributed by atoms with Gasteiger partial charge < -0.3 is 9.57 Å². The first kappa shape index (κ1) is 13.5. The lowest BCUT2D eigenvalue weighted by atomic mass is 10.1. The van der Waals surface area contributed by atoms with Crippen molar-refractivity contribution in [1.82, 2.24) is 4.73 Å². The Kier molecular flexibility index (Phi) is 4.10. The topological polar surface area (TPSA) is 40.5 Å². The van der Waals surface area contributed by atoms with E-state index < -0.39 is 0 Å². The van der Waals surface area contributed by atoms with Gasteiger partial charge in [0.2, 0.25) is 0 Å². The highest BCUT2D eigenvalue weighted by Crippen LogP contribution is 2.26. The van der Waals surface area contributed by atoms with Crippen LogP contribution in [-0.4, -0.2) is 23.9 Å². The van der Waals surface area contributed by atoms with Crippen molar-refractivity contribution in [3.63, 3.8) is 0 Å². The predicted octanol–water partition coefficient (Wildman–Crippen LogP) is 2.83. The zero-order valence-corrected chi connectivity index (χ0v) is 11.6. The van der Waals surface area contributed by atoms with E-state index in [0.717, 1.165) is 16.6 Å². The molecule has 0 fully saturated rings. The van der Waals surface area contributed by atoms with E-state index in [2.05, 4.69) is 0 Å². The average Bonchev–Trinajstić information content (AvgIpc) is 2.74. The first-order valence-corrected chi connectivity index (χ1v) is 6.67. The molecule has 19 heavy (non-hydrogen) atoms. The van der Waals surface area contributed by atoms with Gasteiger partial charge in [-0.05, 0) is 26.3 Å². The Bertz CT molecular complexity index is 586. The van der Waals surface area contributed by atoms with E-state index in [1.54, 1.807) is 4.73 Å². The smallest absolute Gasteiger partial charge is 0.340 e. The molecule has 0 N–H and O–H groups in total. The van der Waals surface area contributed by atoms with E-state index in [0.29, 0.717) is 25.2 Å². The second-order valence-corrected chi connectivity index (χ2v) is 4.13. The molecule has 102 valence electrons. The first-order valence-electron chi connectivity index (χ1n) is 6.67. The van der Waals surface area contributed by atoms with Crippen molar-refractivity contribution in [2.75, 3.05) is 13.2 Å². The molecule has 4 heteroatoms. The number of aromatic nitrogens is 1. The molecule has 0 saturated heterocycles. The van der Waals surface area contributed by atoms with Gasteiger partial charge >= 0.3 is 5.97 Å². The standard InChI is InChI=1S/C15H19NO3/c1-4-12-14(15(17)18-5-2)11-9-7-8-10-13(11)16(12)19-6-3/h7-10H,4-6H2,1-3H3. The number of hydrogen-bond donors (Lipinski definition) is 0. The summed E-state index contributed by atoms with van der Waals surface area (Å²) in [4.78, 5) is 17.8. The third kappa shape index (κ3) is 2.30. The van der Waals surface area contributed by atoms with Gasteiger partial charge in [-0.15, -0.1) is 0 Å². The number of esters is 1. The summed E-state index contributed by atoms with van der Waals surface area (Å²) in [6, 6.07) is 7.73. The molecule has 0 spiro atoms. The summed E-state index contributed by atoms with van der Waals surface area (Å²) in [5.74, 6) is -0.283. The molecule has 0 amide bonds. The number of ether oxygens (including phenoxy) is 1. The van der Waals surface area contributed by atoms with Crippen molar-refractivity contribution in [3.8, 4) is 0 Å². The van der Waals surface area contributed by atoms with Crippen LogP contribution in [0, 0.1) is 0 Å². The molecular weight excluding hydrogens is 242 g/mol. The first-order chi connectivity index (χ1) is 9.24. The number of rotatable bonds is 5. The van der Waals surface area contributed by atoms with E-state index >= 15 is 0 Å². The lowest BCUT2D eigenvalue weighted by Gasteiger charge is -2.10. The van der Waals surface area contributed by atoms with Gasteiger partial charge in [0.15, 0.2) is 0 Å². The minimum atomic E-state index is -0.283. The van der Waals surface area contributed by atoms with Crippen molar-refractivity contribution in [3.05, 3.63) is 35.5 Å². The van der Waals surface area contributed by atoms with Crippen molar-refractivity contribution in [1.29, 1.82) is 0 Å². The Balaban J connectivity index is 2.69. The lowest BCUT2D eigenvalue weighted by Crippen LogP contribution is -2.15. The average molecular weight is 261 g/mol. The van der Waals surface area contributed by atoms with Crippen LogP contribution < -0.4 is 4.84 Å². The van der Waals surface area contributed by atoms with Crippen molar-refractivity contribution >= 4 is 16.9 Å². The molecule has 2 rings (SSSR count). The third-order valence-electron chi connectivity index (χ3n) is 3.00. The van der Waals surface area contributed by atoms with Crippen molar-refractivity contribution in [2.45, 2.75) is 27.2 Å². The second-order valence-electron chi connectivity index (χ2n) is 4.13. The van der Waals surface area contributed by atoms with Crippen LogP contribution in [0.2, 0.25) is 0 Å².